The van der Waals surface area contributed by atoms with E-state index in [0.29, 0.717) is 0 Å². The summed E-state index contributed by atoms with van der Waals surface area (Å²) in [7, 11) is 0. The first kappa shape index (κ1) is 31.8. The Labute approximate surface area is 181 Å². The molecule has 202 valence electrons. The predicted molar refractivity (Wildman–Crippen MR) is 84.2 cm³/mol. The van der Waals surface area contributed by atoms with Gasteiger partial charge in [0.05, 0.1) is 13.0 Å². The van der Waals surface area contributed by atoms with E-state index in [0.717, 1.165) is 0 Å². The van der Waals surface area contributed by atoms with Gasteiger partial charge in [0, 0.05) is 6.54 Å². The highest BCUT2D eigenvalue weighted by atomic mass is 19.4. The van der Waals surface area contributed by atoms with Crippen molar-refractivity contribution in [2.75, 3.05) is 13.2 Å². The number of halogens is 13. The second-order valence-corrected chi connectivity index (χ2v) is 6.75. The molecule has 0 aliphatic heterocycles. The van der Waals surface area contributed by atoms with E-state index in [-0.39, 0.29) is 25.8 Å². The molecule has 0 heterocycles. The Balaban J connectivity index is 5.04. The molecule has 0 saturated heterocycles. The van der Waals surface area contributed by atoms with Crippen LogP contribution in [0.5, 0.6) is 0 Å². The fourth-order valence-corrected chi connectivity index (χ4v) is 2.09. The molecule has 4 N–H and O–H groups in total. The highest BCUT2D eigenvalue weighted by Gasteiger charge is 2.90. The minimum atomic E-state index is -7.99. The number of carbonyl (C=O) groups is 2. The van der Waals surface area contributed by atoms with E-state index in [4.69, 9.17) is 10.8 Å². The van der Waals surface area contributed by atoms with Crippen molar-refractivity contribution in [2.24, 2.45) is 5.73 Å². The number of hydrogen-bond acceptors (Lipinski definition) is 4. The lowest BCUT2D eigenvalue weighted by Crippen LogP contribution is -2.70. The molecule has 0 unspecified atom stereocenters. The maximum absolute atomic E-state index is 13.5. The van der Waals surface area contributed by atoms with Gasteiger partial charge in [0.1, 0.15) is 6.04 Å². The van der Waals surface area contributed by atoms with E-state index in [1.807, 2.05) is 5.32 Å². The molecule has 0 aromatic heterocycles. The van der Waals surface area contributed by atoms with E-state index in [1.165, 1.54) is 0 Å². The van der Waals surface area contributed by atoms with Gasteiger partial charge >= 0.3 is 47.9 Å². The number of unbranched alkanes of at least 4 members (excludes halogenated alkanes) is 1. The van der Waals surface area contributed by atoms with Gasteiger partial charge in [-0.25, -0.2) is 4.79 Å². The highest BCUT2D eigenvalue weighted by molar-refractivity contribution is 5.72. The Hall–Kier alpha value is -2.21. The van der Waals surface area contributed by atoms with Crippen molar-refractivity contribution in [3.05, 3.63) is 0 Å². The van der Waals surface area contributed by atoms with Crippen LogP contribution in [0.1, 0.15) is 25.7 Å². The SMILES string of the molecule is N[C@@H](CCCCNC(=O)OCCC(F)(F)C(F)(F)C(F)(F)C(F)(F)C(F)(F)C(F)(F)F)C(=O)O. The molecule has 0 spiro atoms. The zero-order valence-corrected chi connectivity index (χ0v) is 16.5. The Morgan fingerprint density at radius 1 is 0.794 bits per heavy atom. The lowest BCUT2D eigenvalue weighted by molar-refractivity contribution is -0.440. The number of carboxylic acids is 1. The molecule has 6 nitrogen and oxygen atoms in total. The number of hydrogen-bond donors (Lipinski definition) is 3. The third-order valence-corrected chi connectivity index (χ3v) is 4.18. The van der Waals surface area contributed by atoms with Crippen LogP contribution in [0.15, 0.2) is 0 Å². The number of ether oxygens (including phenoxy) is 1. The van der Waals surface area contributed by atoms with Gasteiger partial charge in [0.2, 0.25) is 0 Å². The summed E-state index contributed by atoms with van der Waals surface area (Å²) in [6.07, 6.45) is -11.6. The lowest BCUT2D eigenvalue weighted by atomic mass is 9.93. The standard InChI is InChI=1S/C15H17F13N2O4/c16-10(17,4-6-34-9(33)30-5-2-1-3-7(29)8(31)32)11(18,19)12(20,21)13(22,23)14(24,25)15(26,27)28/h7H,1-6,29H2,(H,30,33)(H,31,32)/t7-/m0/s1. The van der Waals surface area contributed by atoms with Crippen LogP contribution in [-0.4, -0.2) is 72.2 Å². The molecular formula is C15H17F13N2O4. The van der Waals surface area contributed by atoms with Gasteiger partial charge in [-0.1, -0.05) is 0 Å². The van der Waals surface area contributed by atoms with Gasteiger partial charge < -0.3 is 20.9 Å². The molecule has 34 heavy (non-hydrogen) atoms. The zero-order valence-electron chi connectivity index (χ0n) is 16.5. The summed E-state index contributed by atoms with van der Waals surface area (Å²) >= 11 is 0. The number of alkyl halides is 13. The molecule has 19 heteroatoms. The second-order valence-electron chi connectivity index (χ2n) is 6.75. The third kappa shape index (κ3) is 6.47. The van der Waals surface area contributed by atoms with Crippen molar-refractivity contribution in [3.63, 3.8) is 0 Å². The van der Waals surface area contributed by atoms with Crippen LogP contribution in [-0.2, 0) is 9.53 Å². The molecule has 1 atom stereocenters. The van der Waals surface area contributed by atoms with Gasteiger partial charge in [0.15, 0.2) is 0 Å². The molecule has 0 saturated carbocycles. The Bertz CT molecular complexity index is 713. The summed E-state index contributed by atoms with van der Waals surface area (Å²) in [5.41, 5.74) is 5.16. The van der Waals surface area contributed by atoms with E-state index >= 15 is 0 Å². The first-order valence-electron chi connectivity index (χ1n) is 8.82. The average Bonchev–Trinajstić information content (AvgIpc) is 2.65. The van der Waals surface area contributed by atoms with Crippen molar-refractivity contribution >= 4 is 12.1 Å². The smallest absolute Gasteiger partial charge is 0.460 e. The van der Waals surface area contributed by atoms with Crippen LogP contribution in [0.25, 0.3) is 0 Å². The third-order valence-electron chi connectivity index (χ3n) is 4.18. The van der Waals surface area contributed by atoms with Crippen LogP contribution in [0.4, 0.5) is 61.9 Å². The number of carbonyl (C=O) groups excluding carboxylic acids is 1. The quantitative estimate of drug-likeness (QED) is 0.239. The Kier molecular flexibility index (Phi) is 9.90. The van der Waals surface area contributed by atoms with E-state index in [9.17, 15) is 66.7 Å². The summed E-state index contributed by atoms with van der Waals surface area (Å²) in [6, 6.07) is -1.22. The van der Waals surface area contributed by atoms with Crippen molar-refractivity contribution in [2.45, 2.75) is 67.5 Å². The van der Waals surface area contributed by atoms with Gasteiger partial charge in [-0.2, -0.15) is 57.1 Å². The molecule has 0 radical (unpaired) electrons. The number of nitrogens with two attached hydrogens (primary N) is 1. The van der Waals surface area contributed by atoms with Crippen molar-refractivity contribution in [3.8, 4) is 0 Å². The molecule has 0 bridgehead atoms. The molecule has 0 aliphatic carbocycles. The van der Waals surface area contributed by atoms with Gasteiger partial charge in [-0.3, -0.25) is 4.79 Å². The molecular weight excluding hydrogens is 519 g/mol. The Morgan fingerprint density at radius 2 is 1.26 bits per heavy atom. The van der Waals surface area contributed by atoms with Crippen LogP contribution in [0.3, 0.4) is 0 Å². The lowest BCUT2D eigenvalue weighted by Gasteiger charge is -2.39. The predicted octanol–water partition coefficient (Wildman–Crippen LogP) is 4.42. The molecule has 0 aromatic carbocycles. The van der Waals surface area contributed by atoms with Crippen molar-refractivity contribution in [1.29, 1.82) is 0 Å². The Morgan fingerprint density at radius 3 is 1.71 bits per heavy atom. The van der Waals surface area contributed by atoms with Gasteiger partial charge in [-0.15, -0.1) is 0 Å². The molecule has 1 amide bonds. The van der Waals surface area contributed by atoms with Crippen LogP contribution >= 0.6 is 0 Å². The normalized spacial score (nSPS) is 15.1. The van der Waals surface area contributed by atoms with E-state index in [2.05, 4.69) is 4.74 Å². The van der Waals surface area contributed by atoms with Crippen LogP contribution in [0, 0.1) is 0 Å². The largest absolute Gasteiger partial charge is 0.480 e. The number of aliphatic carboxylic acids is 1. The van der Waals surface area contributed by atoms with Gasteiger partial charge in [-0.05, 0) is 19.3 Å². The fraction of sp³-hybridized carbons (Fsp3) is 0.867. The maximum Gasteiger partial charge on any atom is 0.460 e. The zero-order chi connectivity index (χ0) is 27.4. The van der Waals surface area contributed by atoms with Gasteiger partial charge in [0.25, 0.3) is 0 Å². The van der Waals surface area contributed by atoms with Crippen LogP contribution < -0.4 is 11.1 Å². The first-order valence-corrected chi connectivity index (χ1v) is 8.82. The topological polar surface area (TPSA) is 102 Å². The summed E-state index contributed by atoms with van der Waals surface area (Å²) < 4.78 is 172. The van der Waals surface area contributed by atoms with Crippen LogP contribution in [0.2, 0.25) is 0 Å². The van der Waals surface area contributed by atoms with Crippen molar-refractivity contribution in [1.82, 2.24) is 5.32 Å². The minimum Gasteiger partial charge on any atom is -0.480 e. The molecule has 0 aromatic rings. The number of rotatable bonds is 13. The second kappa shape index (κ2) is 10.6. The molecule has 0 fully saturated rings. The fourth-order valence-electron chi connectivity index (χ4n) is 2.09. The average molecular weight is 536 g/mol. The molecule has 0 aliphatic rings. The van der Waals surface area contributed by atoms with E-state index < -0.39 is 66.9 Å². The highest BCUT2D eigenvalue weighted by Crippen LogP contribution is 2.60. The summed E-state index contributed by atoms with van der Waals surface area (Å²) in [5, 5.41) is 10.3. The first-order chi connectivity index (χ1) is 15.0. The number of amides is 1. The number of nitrogens with one attached hydrogen (secondary N) is 1. The number of alkyl carbamates (subject to hydrolysis) is 1. The maximum atomic E-state index is 13.5. The summed E-state index contributed by atoms with van der Waals surface area (Å²) in [5.74, 6) is -38.8. The minimum absolute atomic E-state index is 0.0421. The molecule has 0 rings (SSSR count). The monoisotopic (exact) mass is 536 g/mol. The summed E-state index contributed by atoms with van der Waals surface area (Å²) in [6.45, 7) is -2.16. The van der Waals surface area contributed by atoms with Crippen molar-refractivity contribution < 1.29 is 76.5 Å². The number of carboxylic acid groups (broad SMARTS) is 1. The summed E-state index contributed by atoms with van der Waals surface area (Å²) in [4.78, 5) is 21.7. The van der Waals surface area contributed by atoms with E-state index in [1.54, 1.807) is 0 Å².